The predicted molar refractivity (Wildman–Crippen MR) is 143 cm³/mol. The van der Waals surface area contributed by atoms with Crippen LogP contribution in [0.3, 0.4) is 0 Å². The van der Waals surface area contributed by atoms with Crippen LogP contribution in [-0.4, -0.2) is 18.1 Å². The van der Waals surface area contributed by atoms with Gasteiger partial charge in [-0.1, -0.05) is 111 Å². The zero-order valence-electron chi connectivity index (χ0n) is 21.3. The first-order chi connectivity index (χ1) is 16.9. The first kappa shape index (κ1) is 25.2. The summed E-state index contributed by atoms with van der Waals surface area (Å²) in [6.45, 7) is 6.67. The van der Waals surface area contributed by atoms with Gasteiger partial charge >= 0.3 is 5.97 Å². The minimum Gasteiger partial charge on any atom is -0.462 e. The van der Waals surface area contributed by atoms with Gasteiger partial charge in [-0.2, -0.15) is 0 Å². The van der Waals surface area contributed by atoms with Crippen LogP contribution in [0.4, 0.5) is 0 Å². The second-order valence-corrected chi connectivity index (χ2v) is 10.5. The molecule has 3 atom stereocenters. The second kappa shape index (κ2) is 11.7. The van der Waals surface area contributed by atoms with E-state index in [2.05, 4.69) is 105 Å². The van der Waals surface area contributed by atoms with Crippen molar-refractivity contribution in [2.24, 2.45) is 5.92 Å². The number of hydrogen-bond acceptors (Lipinski definition) is 3. The number of rotatable bonds is 9. The second-order valence-electron chi connectivity index (χ2n) is 10.5. The van der Waals surface area contributed by atoms with Gasteiger partial charge in [0.05, 0.1) is 12.5 Å². The van der Waals surface area contributed by atoms with Gasteiger partial charge in [0.1, 0.15) is 6.10 Å². The van der Waals surface area contributed by atoms with Gasteiger partial charge in [0, 0.05) is 12.0 Å². The van der Waals surface area contributed by atoms with Crippen molar-refractivity contribution in [3.8, 4) is 0 Å². The van der Waals surface area contributed by atoms with Gasteiger partial charge in [-0.3, -0.25) is 4.79 Å². The molecular weight excluding hydrogens is 430 g/mol. The molecule has 0 bridgehead atoms. The Morgan fingerprint density at radius 2 is 1.37 bits per heavy atom. The van der Waals surface area contributed by atoms with Gasteiger partial charge in [0.25, 0.3) is 0 Å². The van der Waals surface area contributed by atoms with Crippen molar-refractivity contribution in [3.63, 3.8) is 0 Å². The Kier molecular flexibility index (Phi) is 8.41. The van der Waals surface area contributed by atoms with Crippen LogP contribution in [0.2, 0.25) is 0 Å². The molecule has 0 aromatic heterocycles. The molecule has 1 saturated carbocycles. The van der Waals surface area contributed by atoms with Crippen molar-refractivity contribution in [2.75, 3.05) is 0 Å². The third-order valence-electron chi connectivity index (χ3n) is 7.62. The lowest BCUT2D eigenvalue weighted by Gasteiger charge is -2.42. The SMILES string of the molecule is CC(CC(=O)O[C@@H]1CCCC[C@H]1C(C)(C)c1ccccc1)NC(c1ccccc1)c1ccccc1. The predicted octanol–water partition coefficient (Wildman–Crippen LogP) is 7.22. The molecule has 0 aliphatic heterocycles. The molecule has 0 spiro atoms. The molecule has 1 aliphatic rings. The van der Waals surface area contributed by atoms with E-state index in [9.17, 15) is 4.79 Å². The molecule has 3 aromatic carbocycles. The number of hydrogen-bond donors (Lipinski definition) is 1. The Hall–Kier alpha value is -2.91. The maximum absolute atomic E-state index is 13.1. The van der Waals surface area contributed by atoms with Crippen LogP contribution in [0, 0.1) is 5.92 Å². The Balaban J connectivity index is 1.42. The van der Waals surface area contributed by atoms with Gasteiger partial charge in [-0.05, 0) is 48.3 Å². The normalized spacial score (nSPS) is 19.3. The Morgan fingerprint density at radius 1 is 0.857 bits per heavy atom. The lowest BCUT2D eigenvalue weighted by Crippen LogP contribution is -2.42. The molecule has 0 radical (unpaired) electrons. The van der Waals surface area contributed by atoms with Crippen LogP contribution in [0.25, 0.3) is 0 Å². The molecule has 0 heterocycles. The van der Waals surface area contributed by atoms with E-state index in [4.69, 9.17) is 4.74 Å². The van der Waals surface area contributed by atoms with Gasteiger partial charge in [0.2, 0.25) is 0 Å². The van der Waals surface area contributed by atoms with E-state index in [1.165, 1.54) is 23.1 Å². The zero-order chi connectivity index (χ0) is 24.7. The van der Waals surface area contributed by atoms with E-state index in [0.717, 1.165) is 19.3 Å². The molecule has 35 heavy (non-hydrogen) atoms. The van der Waals surface area contributed by atoms with Crippen molar-refractivity contribution >= 4 is 5.97 Å². The van der Waals surface area contributed by atoms with E-state index in [1.54, 1.807) is 0 Å². The zero-order valence-corrected chi connectivity index (χ0v) is 21.3. The van der Waals surface area contributed by atoms with Crippen LogP contribution in [0.1, 0.15) is 75.6 Å². The van der Waals surface area contributed by atoms with Crippen molar-refractivity contribution < 1.29 is 9.53 Å². The molecule has 1 unspecified atom stereocenters. The number of esters is 1. The fourth-order valence-electron chi connectivity index (χ4n) is 5.63. The van der Waals surface area contributed by atoms with Crippen molar-refractivity contribution in [1.82, 2.24) is 5.32 Å². The first-order valence-electron chi connectivity index (χ1n) is 13.1. The quantitative estimate of drug-likeness (QED) is 0.336. The highest BCUT2D eigenvalue weighted by molar-refractivity contribution is 5.70. The van der Waals surface area contributed by atoms with Crippen molar-refractivity contribution in [3.05, 3.63) is 108 Å². The number of carbonyl (C=O) groups excluding carboxylic acids is 1. The van der Waals surface area contributed by atoms with E-state index < -0.39 is 0 Å². The van der Waals surface area contributed by atoms with E-state index >= 15 is 0 Å². The minimum absolute atomic E-state index is 0.0166. The highest BCUT2D eigenvalue weighted by atomic mass is 16.5. The summed E-state index contributed by atoms with van der Waals surface area (Å²) in [6.07, 6.45) is 4.69. The monoisotopic (exact) mass is 469 g/mol. The van der Waals surface area contributed by atoms with Gasteiger partial charge < -0.3 is 10.1 Å². The molecule has 0 amide bonds. The summed E-state index contributed by atoms with van der Waals surface area (Å²) in [6, 6.07) is 31.5. The Morgan fingerprint density at radius 3 is 1.94 bits per heavy atom. The molecule has 0 saturated heterocycles. The van der Waals surface area contributed by atoms with Crippen molar-refractivity contribution in [2.45, 2.75) is 76.5 Å². The number of ether oxygens (including phenoxy) is 1. The van der Waals surface area contributed by atoms with Gasteiger partial charge in [-0.15, -0.1) is 0 Å². The highest BCUT2D eigenvalue weighted by Gasteiger charge is 2.40. The lowest BCUT2D eigenvalue weighted by atomic mass is 9.66. The Bertz CT molecular complexity index is 1010. The smallest absolute Gasteiger partial charge is 0.307 e. The van der Waals surface area contributed by atoms with Crippen LogP contribution < -0.4 is 5.32 Å². The highest BCUT2D eigenvalue weighted by Crippen LogP contribution is 2.42. The fourth-order valence-corrected chi connectivity index (χ4v) is 5.63. The van der Waals surface area contributed by atoms with Gasteiger partial charge in [0.15, 0.2) is 0 Å². The van der Waals surface area contributed by atoms with Gasteiger partial charge in [-0.25, -0.2) is 0 Å². The summed E-state index contributed by atoms with van der Waals surface area (Å²) in [5.74, 6) is 0.220. The molecule has 4 rings (SSSR count). The summed E-state index contributed by atoms with van der Waals surface area (Å²) >= 11 is 0. The maximum atomic E-state index is 13.1. The van der Waals surface area contributed by atoms with Crippen molar-refractivity contribution in [1.29, 1.82) is 0 Å². The standard InChI is InChI=1S/C32H39NO2/c1-24(33-31(25-15-7-4-8-16-25)26-17-9-5-10-18-26)23-30(34)35-29-22-14-13-21-28(29)32(2,3)27-19-11-6-12-20-27/h4-12,15-20,24,28-29,31,33H,13-14,21-23H2,1-3H3/t24?,28-,29-/m1/s1. The lowest BCUT2D eigenvalue weighted by molar-refractivity contribution is -0.156. The van der Waals surface area contributed by atoms with Crippen LogP contribution in [-0.2, 0) is 14.9 Å². The first-order valence-corrected chi connectivity index (χ1v) is 13.1. The van der Waals surface area contributed by atoms with Crippen LogP contribution in [0.15, 0.2) is 91.0 Å². The molecule has 3 nitrogen and oxygen atoms in total. The van der Waals surface area contributed by atoms with Crippen LogP contribution >= 0.6 is 0 Å². The summed E-state index contributed by atoms with van der Waals surface area (Å²) < 4.78 is 6.20. The maximum Gasteiger partial charge on any atom is 0.307 e. The average molecular weight is 470 g/mol. The third kappa shape index (κ3) is 6.41. The summed E-state index contributed by atoms with van der Waals surface area (Å²) in [5, 5.41) is 3.68. The summed E-state index contributed by atoms with van der Waals surface area (Å²) in [5.41, 5.74) is 3.66. The van der Waals surface area contributed by atoms with E-state index in [0.29, 0.717) is 12.3 Å². The fraction of sp³-hybridized carbons (Fsp3) is 0.406. The molecule has 1 N–H and O–H groups in total. The molecular formula is C32H39NO2. The minimum atomic E-state index is -0.106. The molecule has 3 heteroatoms. The summed E-state index contributed by atoms with van der Waals surface area (Å²) in [4.78, 5) is 13.1. The topological polar surface area (TPSA) is 38.3 Å². The van der Waals surface area contributed by atoms with E-state index in [1.807, 2.05) is 12.1 Å². The van der Waals surface area contributed by atoms with Crippen LogP contribution in [0.5, 0.6) is 0 Å². The molecule has 3 aromatic rings. The number of nitrogens with one attached hydrogen (secondary N) is 1. The number of carbonyl (C=O) groups is 1. The Labute approximate surface area is 210 Å². The molecule has 1 aliphatic carbocycles. The number of benzene rings is 3. The largest absolute Gasteiger partial charge is 0.462 e. The summed E-state index contributed by atoms with van der Waals surface area (Å²) in [7, 11) is 0. The molecule has 1 fully saturated rings. The average Bonchev–Trinajstić information content (AvgIpc) is 2.89. The van der Waals surface area contributed by atoms with E-state index in [-0.39, 0.29) is 29.6 Å². The third-order valence-corrected chi connectivity index (χ3v) is 7.62. The molecule has 184 valence electrons.